The Balaban J connectivity index is 1.78. The molecule has 0 aromatic heterocycles. The zero-order valence-electron chi connectivity index (χ0n) is 15.2. The topological polar surface area (TPSA) is 32.8 Å². The van der Waals surface area contributed by atoms with Crippen LogP contribution in [0.25, 0.3) is 11.1 Å². The third-order valence-corrected chi connectivity index (χ3v) is 4.81. The molecule has 1 saturated heterocycles. The molecule has 0 radical (unpaired) electrons. The molecule has 2 aromatic rings. The summed E-state index contributed by atoms with van der Waals surface area (Å²) >= 11 is 0. The molecule has 2 aromatic carbocycles. The van der Waals surface area contributed by atoms with Gasteiger partial charge in [0.25, 0.3) is 0 Å². The highest BCUT2D eigenvalue weighted by atomic mass is 16.6. The molecule has 0 unspecified atom stereocenters. The van der Waals surface area contributed by atoms with Crippen molar-refractivity contribution in [1.29, 1.82) is 0 Å². The van der Waals surface area contributed by atoms with Crippen molar-refractivity contribution in [3.63, 3.8) is 0 Å². The number of para-hydroxylation sites is 1. The highest BCUT2D eigenvalue weighted by molar-refractivity contribution is 5.93. The minimum absolute atomic E-state index is 0.0129. The summed E-state index contributed by atoms with van der Waals surface area (Å²) in [4.78, 5) is 16.6. The molecule has 0 aliphatic carbocycles. The van der Waals surface area contributed by atoms with Crippen LogP contribution in [0.5, 0.6) is 0 Å². The summed E-state index contributed by atoms with van der Waals surface area (Å²) in [5, 5.41) is 0. The maximum absolute atomic E-state index is 12.6. The fraction of sp³-hybridized carbons (Fsp3) is 0.381. The monoisotopic (exact) mass is 338 g/mol. The summed E-state index contributed by atoms with van der Waals surface area (Å²) in [6.45, 7) is 7.03. The third-order valence-electron chi connectivity index (χ3n) is 4.81. The molecule has 1 aliphatic heterocycles. The van der Waals surface area contributed by atoms with Gasteiger partial charge in [0.05, 0.1) is 5.69 Å². The van der Waals surface area contributed by atoms with Gasteiger partial charge in [0, 0.05) is 25.7 Å². The van der Waals surface area contributed by atoms with E-state index < -0.39 is 0 Å². The van der Waals surface area contributed by atoms with Gasteiger partial charge in [0.1, 0.15) is 6.10 Å². The van der Waals surface area contributed by atoms with Crippen molar-refractivity contribution in [2.75, 3.05) is 31.6 Å². The second-order valence-corrected chi connectivity index (χ2v) is 6.63. The van der Waals surface area contributed by atoms with Crippen LogP contribution >= 0.6 is 0 Å². The van der Waals surface area contributed by atoms with Crippen molar-refractivity contribution >= 4 is 11.8 Å². The van der Waals surface area contributed by atoms with Crippen molar-refractivity contribution in [1.82, 2.24) is 4.90 Å². The molecular weight excluding hydrogens is 312 g/mol. The highest BCUT2D eigenvalue weighted by Gasteiger charge is 2.26. The zero-order chi connectivity index (χ0) is 17.8. The van der Waals surface area contributed by atoms with E-state index in [1.54, 1.807) is 11.9 Å². The minimum Gasteiger partial charge on any atom is -0.444 e. The van der Waals surface area contributed by atoms with Crippen molar-refractivity contribution in [2.24, 2.45) is 0 Å². The lowest BCUT2D eigenvalue weighted by Crippen LogP contribution is -2.32. The number of hydrogen-bond donors (Lipinski definition) is 0. The minimum atomic E-state index is -0.289. The Hall–Kier alpha value is -2.33. The number of carbonyl (C=O) groups excluding carboxylic acids is 1. The average Bonchev–Trinajstić information content (AvgIpc) is 3.08. The van der Waals surface area contributed by atoms with E-state index in [0.717, 1.165) is 42.9 Å². The van der Waals surface area contributed by atoms with Crippen LogP contribution in [-0.4, -0.2) is 43.8 Å². The summed E-state index contributed by atoms with van der Waals surface area (Å²) in [6.07, 6.45) is 0.608. The van der Waals surface area contributed by atoms with Gasteiger partial charge in [-0.05, 0) is 31.5 Å². The maximum Gasteiger partial charge on any atom is 0.414 e. The van der Waals surface area contributed by atoms with Crippen LogP contribution in [0.3, 0.4) is 0 Å². The molecule has 1 amide bonds. The molecule has 0 bridgehead atoms. The van der Waals surface area contributed by atoms with Crippen molar-refractivity contribution < 1.29 is 9.53 Å². The van der Waals surface area contributed by atoms with E-state index in [9.17, 15) is 4.79 Å². The molecule has 4 heteroatoms. The summed E-state index contributed by atoms with van der Waals surface area (Å²) in [5.74, 6) is 0. The Labute approximate surface area is 150 Å². The van der Waals surface area contributed by atoms with Gasteiger partial charge in [-0.3, -0.25) is 9.80 Å². The number of amides is 1. The first-order chi connectivity index (χ1) is 12.1. The molecule has 0 spiro atoms. The highest BCUT2D eigenvalue weighted by Crippen LogP contribution is 2.31. The first-order valence-electron chi connectivity index (χ1n) is 8.91. The number of aryl methyl sites for hydroxylation is 1. The Morgan fingerprint density at radius 2 is 2.04 bits per heavy atom. The van der Waals surface area contributed by atoms with E-state index in [4.69, 9.17) is 4.74 Å². The quantitative estimate of drug-likeness (QED) is 0.832. The smallest absolute Gasteiger partial charge is 0.414 e. The van der Waals surface area contributed by atoms with Crippen molar-refractivity contribution in [2.45, 2.75) is 26.4 Å². The van der Waals surface area contributed by atoms with Crippen LogP contribution < -0.4 is 4.90 Å². The number of rotatable bonds is 4. The molecular formula is C21H26N2O2. The Bertz CT molecular complexity index is 744. The average molecular weight is 338 g/mol. The first-order valence-corrected chi connectivity index (χ1v) is 8.91. The number of likely N-dealkylation sites (N-methyl/N-ethyl adjacent to an activating group) is 1. The Kier molecular flexibility index (Phi) is 5.39. The van der Waals surface area contributed by atoms with Gasteiger partial charge in [-0.25, -0.2) is 4.79 Å². The molecule has 0 N–H and O–H groups in total. The van der Waals surface area contributed by atoms with Gasteiger partial charge in [-0.2, -0.15) is 0 Å². The van der Waals surface area contributed by atoms with Crippen LogP contribution in [0.1, 0.15) is 18.9 Å². The number of hydrogen-bond acceptors (Lipinski definition) is 3. The SMILES string of the molecule is CCN1CC[C@@H](OC(=O)N(C)c2ccccc2-c2cccc(C)c2)C1. The van der Waals surface area contributed by atoms with Crippen LogP contribution in [0, 0.1) is 6.92 Å². The molecule has 1 heterocycles. The van der Waals surface area contributed by atoms with Crippen LogP contribution in [-0.2, 0) is 4.74 Å². The second kappa shape index (κ2) is 7.70. The lowest BCUT2D eigenvalue weighted by molar-refractivity contribution is 0.108. The molecule has 25 heavy (non-hydrogen) atoms. The summed E-state index contributed by atoms with van der Waals surface area (Å²) in [7, 11) is 1.78. The van der Waals surface area contributed by atoms with Gasteiger partial charge < -0.3 is 4.74 Å². The van der Waals surface area contributed by atoms with Gasteiger partial charge in [-0.15, -0.1) is 0 Å². The van der Waals surface area contributed by atoms with Gasteiger partial charge in [-0.1, -0.05) is 55.0 Å². The molecule has 3 rings (SSSR count). The number of ether oxygens (including phenoxy) is 1. The van der Waals surface area contributed by atoms with Crippen LogP contribution in [0.15, 0.2) is 48.5 Å². The Morgan fingerprint density at radius 1 is 1.24 bits per heavy atom. The standard InChI is InChI=1S/C21H26N2O2/c1-4-23-13-12-18(15-23)25-21(24)22(3)20-11-6-5-10-19(20)17-9-7-8-16(2)14-17/h5-11,14,18H,4,12-13,15H2,1-3H3/t18-/m1/s1. The van der Waals surface area contributed by atoms with Crippen molar-refractivity contribution in [3.05, 3.63) is 54.1 Å². The number of anilines is 1. The molecule has 1 fully saturated rings. The zero-order valence-corrected chi connectivity index (χ0v) is 15.2. The number of carbonyl (C=O) groups is 1. The molecule has 1 aliphatic rings. The normalized spacial score (nSPS) is 17.5. The van der Waals surface area contributed by atoms with Gasteiger partial charge in [0.15, 0.2) is 0 Å². The number of nitrogens with zero attached hydrogens (tertiary/aromatic N) is 2. The first kappa shape index (κ1) is 17.5. The maximum atomic E-state index is 12.6. The summed E-state index contributed by atoms with van der Waals surface area (Å²) in [5.41, 5.74) is 4.20. The van der Waals surface area contributed by atoms with Crippen LogP contribution in [0.4, 0.5) is 10.5 Å². The molecule has 132 valence electrons. The predicted octanol–water partition coefficient (Wildman–Crippen LogP) is 4.33. The largest absolute Gasteiger partial charge is 0.444 e. The molecule has 1 atom stereocenters. The van der Waals surface area contributed by atoms with Crippen LogP contribution in [0.2, 0.25) is 0 Å². The molecule has 4 nitrogen and oxygen atoms in total. The van der Waals surface area contributed by atoms with E-state index >= 15 is 0 Å². The van der Waals surface area contributed by atoms with E-state index in [2.05, 4.69) is 36.9 Å². The number of benzene rings is 2. The summed E-state index contributed by atoms with van der Waals surface area (Å²) < 4.78 is 5.72. The third kappa shape index (κ3) is 4.02. The second-order valence-electron chi connectivity index (χ2n) is 6.63. The number of likely N-dealkylation sites (tertiary alicyclic amines) is 1. The molecule has 0 saturated carbocycles. The van der Waals surface area contributed by atoms with Gasteiger partial charge in [0.2, 0.25) is 0 Å². The van der Waals surface area contributed by atoms with Crippen molar-refractivity contribution in [3.8, 4) is 11.1 Å². The predicted molar refractivity (Wildman–Crippen MR) is 102 cm³/mol. The fourth-order valence-corrected chi connectivity index (χ4v) is 3.32. The van der Waals surface area contributed by atoms with E-state index in [1.165, 1.54) is 5.56 Å². The lowest BCUT2D eigenvalue weighted by atomic mass is 10.0. The lowest BCUT2D eigenvalue weighted by Gasteiger charge is -2.23. The van der Waals surface area contributed by atoms with Gasteiger partial charge >= 0.3 is 6.09 Å². The fourth-order valence-electron chi connectivity index (χ4n) is 3.32. The van der Waals surface area contributed by atoms with E-state index in [0.29, 0.717) is 0 Å². The Morgan fingerprint density at radius 3 is 2.76 bits per heavy atom. The summed E-state index contributed by atoms with van der Waals surface area (Å²) in [6, 6.07) is 16.3. The van der Waals surface area contributed by atoms with E-state index in [1.807, 2.05) is 30.3 Å². The van der Waals surface area contributed by atoms with E-state index in [-0.39, 0.29) is 12.2 Å².